The van der Waals surface area contributed by atoms with E-state index >= 15 is 0 Å². The van der Waals surface area contributed by atoms with E-state index < -0.39 is 0 Å². The summed E-state index contributed by atoms with van der Waals surface area (Å²) < 4.78 is 0. The predicted octanol–water partition coefficient (Wildman–Crippen LogP) is 3.68. The minimum Gasteiger partial charge on any atom is -0.313 e. The highest BCUT2D eigenvalue weighted by Crippen LogP contribution is 2.37. The summed E-state index contributed by atoms with van der Waals surface area (Å²) in [6, 6.07) is 10.7. The highest BCUT2D eigenvalue weighted by atomic mass is 16.2. The van der Waals surface area contributed by atoms with E-state index in [-0.39, 0.29) is 6.04 Å². The van der Waals surface area contributed by atoms with Crippen molar-refractivity contribution in [1.29, 1.82) is 0 Å². The number of rotatable bonds is 3. The average Bonchev–Trinajstić information content (AvgIpc) is 2.75. The molecule has 19 heavy (non-hydrogen) atoms. The Kier molecular flexibility index (Phi) is 3.41. The molecular formula is C17H21NO. The van der Waals surface area contributed by atoms with Crippen LogP contribution in [0.3, 0.4) is 0 Å². The molecule has 0 saturated heterocycles. The van der Waals surface area contributed by atoms with Gasteiger partial charge in [0.2, 0.25) is 5.91 Å². The minimum absolute atomic E-state index is 0.278. The fraction of sp³-hybridized carbons (Fsp3) is 0.471. The summed E-state index contributed by atoms with van der Waals surface area (Å²) in [5.41, 5.74) is 4.07. The summed E-state index contributed by atoms with van der Waals surface area (Å²) in [4.78, 5) is 14.3. The lowest BCUT2D eigenvalue weighted by Crippen LogP contribution is -2.35. The molecule has 0 N–H and O–H groups in total. The highest BCUT2D eigenvalue weighted by molar-refractivity contribution is 5.84. The first kappa shape index (κ1) is 12.5. The van der Waals surface area contributed by atoms with Gasteiger partial charge >= 0.3 is 0 Å². The van der Waals surface area contributed by atoms with E-state index in [9.17, 15) is 4.79 Å². The molecule has 1 unspecified atom stereocenters. The van der Waals surface area contributed by atoms with E-state index in [1.54, 1.807) is 0 Å². The Morgan fingerprint density at radius 1 is 1.16 bits per heavy atom. The van der Waals surface area contributed by atoms with Crippen LogP contribution in [0.5, 0.6) is 0 Å². The van der Waals surface area contributed by atoms with Gasteiger partial charge in [-0.2, -0.15) is 0 Å². The number of hydrogen-bond acceptors (Lipinski definition) is 1. The molecule has 1 heterocycles. The summed E-state index contributed by atoms with van der Waals surface area (Å²) in [7, 11) is 0. The number of allylic oxidation sites excluding steroid dienone is 1. The second-order valence-corrected chi connectivity index (χ2v) is 5.74. The average molecular weight is 255 g/mol. The third kappa shape index (κ3) is 2.44. The standard InChI is InChI=1S/C17H21NO/c1-13(11-14-7-3-2-4-8-14)18-16-10-6-5-9-15(16)12-17(18)19/h2-4,7-8,13H,5-6,9-12H2,1H3. The van der Waals surface area contributed by atoms with Crippen molar-refractivity contribution >= 4 is 5.91 Å². The molecule has 1 aliphatic heterocycles. The van der Waals surface area contributed by atoms with Crippen LogP contribution in [0.25, 0.3) is 0 Å². The topological polar surface area (TPSA) is 20.3 Å². The zero-order chi connectivity index (χ0) is 13.2. The monoisotopic (exact) mass is 255 g/mol. The lowest BCUT2D eigenvalue weighted by Gasteiger charge is -2.29. The first-order chi connectivity index (χ1) is 9.25. The summed E-state index contributed by atoms with van der Waals surface area (Å²) in [5.74, 6) is 0.315. The van der Waals surface area contributed by atoms with Gasteiger partial charge in [0, 0.05) is 11.7 Å². The second-order valence-electron chi connectivity index (χ2n) is 5.74. The molecule has 3 rings (SSSR count). The van der Waals surface area contributed by atoms with Gasteiger partial charge in [0.1, 0.15) is 0 Å². The van der Waals surface area contributed by atoms with E-state index in [0.29, 0.717) is 12.3 Å². The number of amides is 1. The quantitative estimate of drug-likeness (QED) is 0.807. The maximum absolute atomic E-state index is 12.3. The van der Waals surface area contributed by atoms with Crippen molar-refractivity contribution in [3.05, 3.63) is 47.2 Å². The summed E-state index contributed by atoms with van der Waals surface area (Å²) in [6.45, 7) is 2.18. The molecule has 0 radical (unpaired) electrons. The Morgan fingerprint density at radius 3 is 2.68 bits per heavy atom. The van der Waals surface area contributed by atoms with Gasteiger partial charge in [-0.15, -0.1) is 0 Å². The Balaban J connectivity index is 1.77. The highest BCUT2D eigenvalue weighted by Gasteiger charge is 2.33. The number of nitrogens with zero attached hydrogens (tertiary/aromatic N) is 1. The van der Waals surface area contributed by atoms with Crippen LogP contribution in [0.1, 0.15) is 44.6 Å². The molecule has 1 atom stereocenters. The van der Waals surface area contributed by atoms with Crippen LogP contribution in [0.4, 0.5) is 0 Å². The fourth-order valence-corrected chi connectivity index (χ4v) is 3.41. The zero-order valence-corrected chi connectivity index (χ0v) is 11.6. The SMILES string of the molecule is CC(Cc1ccccc1)N1C(=O)CC2=C1CCCC2. The van der Waals surface area contributed by atoms with Crippen LogP contribution < -0.4 is 0 Å². The molecule has 0 spiro atoms. The smallest absolute Gasteiger partial charge is 0.231 e. The van der Waals surface area contributed by atoms with Gasteiger partial charge in [-0.3, -0.25) is 4.79 Å². The van der Waals surface area contributed by atoms with E-state index in [1.165, 1.54) is 29.7 Å². The van der Waals surface area contributed by atoms with Crippen molar-refractivity contribution in [1.82, 2.24) is 4.90 Å². The van der Waals surface area contributed by atoms with Crippen molar-refractivity contribution in [2.45, 2.75) is 51.5 Å². The van der Waals surface area contributed by atoms with Crippen molar-refractivity contribution < 1.29 is 4.79 Å². The van der Waals surface area contributed by atoms with Gasteiger partial charge in [-0.1, -0.05) is 30.3 Å². The van der Waals surface area contributed by atoms with Crippen LogP contribution in [0.15, 0.2) is 41.6 Å². The summed E-state index contributed by atoms with van der Waals surface area (Å²) in [6.07, 6.45) is 6.35. The first-order valence-corrected chi connectivity index (χ1v) is 7.32. The van der Waals surface area contributed by atoms with E-state index in [1.807, 2.05) is 6.07 Å². The third-order valence-corrected chi connectivity index (χ3v) is 4.29. The molecule has 2 nitrogen and oxygen atoms in total. The molecule has 1 aromatic rings. The first-order valence-electron chi connectivity index (χ1n) is 7.32. The Morgan fingerprint density at radius 2 is 1.89 bits per heavy atom. The van der Waals surface area contributed by atoms with E-state index in [2.05, 4.69) is 36.1 Å². The van der Waals surface area contributed by atoms with Crippen LogP contribution in [0.2, 0.25) is 0 Å². The number of carbonyl (C=O) groups excluding carboxylic acids is 1. The fourth-order valence-electron chi connectivity index (χ4n) is 3.41. The second kappa shape index (κ2) is 5.20. The summed E-state index contributed by atoms with van der Waals surface area (Å²) >= 11 is 0. The van der Waals surface area contributed by atoms with Crippen molar-refractivity contribution in [3.63, 3.8) is 0 Å². The largest absolute Gasteiger partial charge is 0.313 e. The van der Waals surface area contributed by atoms with Gasteiger partial charge in [0.15, 0.2) is 0 Å². The predicted molar refractivity (Wildman–Crippen MR) is 76.6 cm³/mol. The van der Waals surface area contributed by atoms with Crippen molar-refractivity contribution in [2.75, 3.05) is 0 Å². The lowest BCUT2D eigenvalue weighted by atomic mass is 9.96. The molecule has 0 aromatic heterocycles. The Labute approximate surface area is 115 Å². The molecule has 0 fully saturated rings. The van der Waals surface area contributed by atoms with E-state index in [4.69, 9.17) is 0 Å². The summed E-state index contributed by atoms with van der Waals surface area (Å²) in [5, 5.41) is 0. The Hall–Kier alpha value is -1.57. The maximum atomic E-state index is 12.3. The molecule has 1 aromatic carbocycles. The zero-order valence-electron chi connectivity index (χ0n) is 11.6. The van der Waals surface area contributed by atoms with Crippen LogP contribution in [0, 0.1) is 0 Å². The Bertz CT molecular complexity index is 503. The molecule has 0 saturated carbocycles. The molecule has 2 aliphatic rings. The van der Waals surface area contributed by atoms with Gasteiger partial charge in [0.05, 0.1) is 6.42 Å². The number of hydrogen-bond donors (Lipinski definition) is 0. The van der Waals surface area contributed by atoms with Crippen LogP contribution in [-0.2, 0) is 11.2 Å². The van der Waals surface area contributed by atoms with Crippen molar-refractivity contribution in [3.8, 4) is 0 Å². The molecule has 1 aliphatic carbocycles. The maximum Gasteiger partial charge on any atom is 0.231 e. The van der Waals surface area contributed by atoms with Gasteiger partial charge in [-0.25, -0.2) is 0 Å². The van der Waals surface area contributed by atoms with E-state index in [0.717, 1.165) is 19.3 Å². The molecule has 0 bridgehead atoms. The minimum atomic E-state index is 0.278. The molecule has 2 heteroatoms. The van der Waals surface area contributed by atoms with Gasteiger partial charge < -0.3 is 4.90 Å². The normalized spacial score (nSPS) is 20.7. The number of carbonyl (C=O) groups is 1. The van der Waals surface area contributed by atoms with Crippen LogP contribution in [-0.4, -0.2) is 16.8 Å². The van der Waals surface area contributed by atoms with Gasteiger partial charge in [0.25, 0.3) is 0 Å². The van der Waals surface area contributed by atoms with Gasteiger partial charge in [-0.05, 0) is 50.2 Å². The number of benzene rings is 1. The van der Waals surface area contributed by atoms with Crippen molar-refractivity contribution in [2.24, 2.45) is 0 Å². The molecule has 1 amide bonds. The lowest BCUT2D eigenvalue weighted by molar-refractivity contribution is -0.128. The molecule has 100 valence electrons. The molecular weight excluding hydrogens is 234 g/mol. The third-order valence-electron chi connectivity index (χ3n) is 4.29. The van der Waals surface area contributed by atoms with Crippen LogP contribution >= 0.6 is 0 Å².